The van der Waals surface area contributed by atoms with Crippen molar-refractivity contribution in [3.8, 4) is 0 Å². The summed E-state index contributed by atoms with van der Waals surface area (Å²) in [4.78, 5) is 1.77. The first-order valence-electron chi connectivity index (χ1n) is 6.43. The van der Waals surface area contributed by atoms with Gasteiger partial charge in [0, 0.05) is 36.4 Å². The van der Waals surface area contributed by atoms with Crippen LogP contribution in [0.2, 0.25) is 0 Å². The van der Waals surface area contributed by atoms with Crippen LogP contribution in [0.25, 0.3) is 0 Å². The Morgan fingerprint density at radius 1 is 1.57 bits per heavy atom. The molecule has 0 amide bonds. The van der Waals surface area contributed by atoms with E-state index >= 15 is 0 Å². The summed E-state index contributed by atoms with van der Waals surface area (Å²) >= 11 is 1.59. The molecule has 8 heteroatoms. The third kappa shape index (κ3) is 3.75. The standard InChI is InChI=1S/C13H18FN3O2S2/c1-21(18,19)11-8-20-6-5-17(11)7-9-3-2-4-10(12(9)14)13(15)16/h2-4,11H,5-8H2,1H3,(H3,15,16). The molecule has 1 unspecified atom stereocenters. The van der Waals surface area contributed by atoms with Crippen molar-refractivity contribution in [2.75, 3.05) is 24.3 Å². The lowest BCUT2D eigenvalue weighted by molar-refractivity contribution is 0.258. The number of thioether (sulfide) groups is 1. The van der Waals surface area contributed by atoms with Crippen LogP contribution < -0.4 is 5.73 Å². The second-order valence-corrected chi connectivity index (χ2v) is 8.37. The third-order valence-electron chi connectivity index (χ3n) is 3.43. The molecule has 1 atom stereocenters. The van der Waals surface area contributed by atoms with Crippen molar-refractivity contribution in [2.45, 2.75) is 11.9 Å². The smallest absolute Gasteiger partial charge is 0.164 e. The summed E-state index contributed by atoms with van der Waals surface area (Å²) in [6.45, 7) is 0.789. The lowest BCUT2D eigenvalue weighted by Crippen LogP contribution is -2.46. The van der Waals surface area contributed by atoms with E-state index in [0.717, 1.165) is 5.75 Å². The zero-order chi connectivity index (χ0) is 15.6. The quantitative estimate of drug-likeness (QED) is 0.635. The molecule has 5 nitrogen and oxygen atoms in total. The fourth-order valence-electron chi connectivity index (χ4n) is 2.32. The fraction of sp³-hybridized carbons (Fsp3) is 0.462. The van der Waals surface area contributed by atoms with Gasteiger partial charge in [0.25, 0.3) is 0 Å². The Hall–Kier alpha value is -1.12. The summed E-state index contributed by atoms with van der Waals surface area (Å²) in [7, 11) is -3.22. The van der Waals surface area contributed by atoms with E-state index in [-0.39, 0.29) is 17.9 Å². The van der Waals surface area contributed by atoms with Crippen LogP contribution >= 0.6 is 11.8 Å². The highest BCUT2D eigenvalue weighted by Crippen LogP contribution is 2.24. The molecule has 1 saturated heterocycles. The molecule has 116 valence electrons. The molecule has 1 aromatic carbocycles. The molecule has 0 aliphatic carbocycles. The van der Waals surface area contributed by atoms with E-state index in [4.69, 9.17) is 11.1 Å². The zero-order valence-corrected chi connectivity index (χ0v) is 13.3. The minimum absolute atomic E-state index is 0.0507. The van der Waals surface area contributed by atoms with Crippen molar-refractivity contribution in [1.29, 1.82) is 5.41 Å². The van der Waals surface area contributed by atoms with Crippen molar-refractivity contribution >= 4 is 27.4 Å². The van der Waals surface area contributed by atoms with Crippen molar-refractivity contribution < 1.29 is 12.8 Å². The summed E-state index contributed by atoms with van der Waals surface area (Å²) < 4.78 is 38.0. The van der Waals surface area contributed by atoms with Crippen LogP contribution in [0.15, 0.2) is 18.2 Å². The Balaban J connectivity index is 2.28. The number of hydrogen-bond donors (Lipinski definition) is 2. The van der Waals surface area contributed by atoms with Gasteiger partial charge < -0.3 is 5.73 Å². The topological polar surface area (TPSA) is 87.2 Å². The van der Waals surface area contributed by atoms with Gasteiger partial charge in [0.15, 0.2) is 9.84 Å². The van der Waals surface area contributed by atoms with E-state index in [2.05, 4.69) is 0 Å². The van der Waals surface area contributed by atoms with E-state index in [0.29, 0.717) is 17.9 Å². The molecule has 0 radical (unpaired) electrons. The van der Waals surface area contributed by atoms with E-state index in [1.165, 1.54) is 12.3 Å². The molecule has 1 aliphatic heterocycles. The van der Waals surface area contributed by atoms with Gasteiger partial charge in [0.1, 0.15) is 17.0 Å². The van der Waals surface area contributed by atoms with Gasteiger partial charge in [-0.15, -0.1) is 0 Å². The number of nitrogen functional groups attached to an aromatic ring is 1. The number of nitrogens with one attached hydrogen (secondary N) is 1. The van der Waals surface area contributed by atoms with Gasteiger partial charge in [-0.1, -0.05) is 12.1 Å². The van der Waals surface area contributed by atoms with E-state index in [1.54, 1.807) is 28.8 Å². The molecule has 3 N–H and O–H groups in total. The lowest BCUT2D eigenvalue weighted by Gasteiger charge is -2.34. The highest BCUT2D eigenvalue weighted by Gasteiger charge is 2.31. The van der Waals surface area contributed by atoms with Crippen LogP contribution in [0.3, 0.4) is 0 Å². The number of nitrogens with two attached hydrogens (primary N) is 1. The van der Waals surface area contributed by atoms with Gasteiger partial charge in [0.05, 0.1) is 5.56 Å². The minimum Gasteiger partial charge on any atom is -0.384 e. The SMILES string of the molecule is CS(=O)(=O)C1CSCCN1Cc1cccc(C(=N)N)c1F. The highest BCUT2D eigenvalue weighted by atomic mass is 32.2. The Labute approximate surface area is 128 Å². The molecule has 0 spiro atoms. The number of amidine groups is 1. The molecule has 1 aromatic rings. The Kier molecular flexibility index (Phi) is 4.90. The largest absolute Gasteiger partial charge is 0.384 e. The molecule has 0 bridgehead atoms. The molecule has 1 fully saturated rings. The second kappa shape index (κ2) is 6.33. The van der Waals surface area contributed by atoms with Crippen LogP contribution in [0.4, 0.5) is 4.39 Å². The summed E-state index contributed by atoms with van der Waals surface area (Å²) in [5, 5.41) is 6.76. The molecule has 21 heavy (non-hydrogen) atoms. The first kappa shape index (κ1) is 16.3. The third-order valence-corrected chi connectivity index (χ3v) is 6.11. The van der Waals surface area contributed by atoms with Crippen LogP contribution in [0, 0.1) is 11.2 Å². The molecule has 1 aliphatic rings. The fourth-order valence-corrected chi connectivity index (χ4v) is 5.26. The van der Waals surface area contributed by atoms with Crippen molar-refractivity contribution in [3.63, 3.8) is 0 Å². The van der Waals surface area contributed by atoms with Crippen molar-refractivity contribution in [2.24, 2.45) is 5.73 Å². The number of benzene rings is 1. The molecular weight excluding hydrogens is 313 g/mol. The second-order valence-electron chi connectivity index (χ2n) is 5.02. The summed E-state index contributed by atoms with van der Waals surface area (Å²) in [5.41, 5.74) is 5.76. The predicted molar refractivity (Wildman–Crippen MR) is 83.8 cm³/mol. The molecule has 0 saturated carbocycles. The first-order chi connectivity index (χ1) is 9.80. The number of hydrogen-bond acceptors (Lipinski definition) is 5. The van der Waals surface area contributed by atoms with Crippen molar-refractivity contribution in [1.82, 2.24) is 4.90 Å². The maximum Gasteiger partial charge on any atom is 0.164 e. The van der Waals surface area contributed by atoms with Gasteiger partial charge in [-0.2, -0.15) is 11.8 Å². The van der Waals surface area contributed by atoms with E-state index < -0.39 is 21.0 Å². The Morgan fingerprint density at radius 2 is 2.29 bits per heavy atom. The van der Waals surface area contributed by atoms with Crippen LogP contribution in [-0.2, 0) is 16.4 Å². The van der Waals surface area contributed by atoms with Gasteiger partial charge >= 0.3 is 0 Å². The molecule has 2 rings (SSSR count). The summed E-state index contributed by atoms with van der Waals surface area (Å²) in [5.74, 6) is 0.436. The van der Waals surface area contributed by atoms with Gasteiger partial charge in [-0.3, -0.25) is 10.3 Å². The number of sulfone groups is 1. The Morgan fingerprint density at radius 3 is 2.90 bits per heavy atom. The zero-order valence-electron chi connectivity index (χ0n) is 11.7. The highest BCUT2D eigenvalue weighted by molar-refractivity contribution is 8.00. The van der Waals surface area contributed by atoms with Gasteiger partial charge in [-0.05, 0) is 6.07 Å². The maximum atomic E-state index is 14.3. The molecule has 0 aromatic heterocycles. The molecule has 1 heterocycles. The lowest BCUT2D eigenvalue weighted by atomic mass is 10.1. The average molecular weight is 331 g/mol. The molecular formula is C13H18FN3O2S2. The summed E-state index contributed by atoms with van der Waals surface area (Å²) in [6, 6.07) is 4.67. The van der Waals surface area contributed by atoms with Crippen LogP contribution in [0.1, 0.15) is 11.1 Å². The van der Waals surface area contributed by atoms with E-state index in [1.807, 2.05) is 0 Å². The van der Waals surface area contributed by atoms with Crippen LogP contribution in [-0.4, -0.2) is 48.8 Å². The van der Waals surface area contributed by atoms with E-state index in [9.17, 15) is 12.8 Å². The number of rotatable bonds is 4. The predicted octanol–water partition coefficient (Wildman–Crippen LogP) is 1.03. The minimum atomic E-state index is -3.22. The first-order valence-corrected chi connectivity index (χ1v) is 9.54. The normalized spacial score (nSPS) is 20.4. The average Bonchev–Trinajstić information content (AvgIpc) is 2.40. The Bertz CT molecular complexity index is 649. The number of nitrogens with zero attached hydrogens (tertiary/aromatic N) is 1. The number of halogens is 1. The monoisotopic (exact) mass is 331 g/mol. The van der Waals surface area contributed by atoms with Gasteiger partial charge in [-0.25, -0.2) is 12.8 Å². The van der Waals surface area contributed by atoms with Crippen LogP contribution in [0.5, 0.6) is 0 Å². The maximum absolute atomic E-state index is 14.3. The van der Waals surface area contributed by atoms with Gasteiger partial charge in [0.2, 0.25) is 0 Å². The van der Waals surface area contributed by atoms with Crippen molar-refractivity contribution in [3.05, 3.63) is 35.1 Å². The summed E-state index contributed by atoms with van der Waals surface area (Å²) in [6.07, 6.45) is 1.21.